The maximum atomic E-state index is 4.82. The number of rotatable bonds is 1. The molecular formula is C24H14N4. The average molecular weight is 358 g/mol. The molecule has 0 bridgehead atoms. The fourth-order valence-electron chi connectivity index (χ4n) is 3.84. The van der Waals surface area contributed by atoms with E-state index < -0.39 is 0 Å². The van der Waals surface area contributed by atoms with Gasteiger partial charge in [0, 0.05) is 29.4 Å². The van der Waals surface area contributed by atoms with E-state index in [0.717, 1.165) is 54.9 Å². The molecule has 0 aliphatic heterocycles. The molecule has 0 aliphatic carbocycles. The van der Waals surface area contributed by atoms with Crippen molar-refractivity contribution in [2.45, 2.75) is 0 Å². The predicted molar refractivity (Wildman–Crippen MR) is 113 cm³/mol. The Bertz CT molecular complexity index is 1520. The van der Waals surface area contributed by atoms with Crippen molar-refractivity contribution in [2.24, 2.45) is 0 Å². The molecule has 0 saturated carbocycles. The highest BCUT2D eigenvalue weighted by molar-refractivity contribution is 6.13. The second kappa shape index (κ2) is 5.79. The van der Waals surface area contributed by atoms with Crippen LogP contribution in [0.5, 0.6) is 0 Å². The van der Waals surface area contributed by atoms with Gasteiger partial charge in [0.1, 0.15) is 0 Å². The van der Waals surface area contributed by atoms with Crippen LogP contribution in [0, 0.1) is 0 Å². The number of hydrogen-bond acceptors (Lipinski definition) is 4. The molecule has 0 saturated heterocycles. The highest BCUT2D eigenvalue weighted by Gasteiger charge is 2.10. The molecule has 0 fully saturated rings. The minimum Gasteiger partial charge on any atom is -0.264 e. The topological polar surface area (TPSA) is 51.6 Å². The third-order valence-electron chi connectivity index (χ3n) is 5.18. The van der Waals surface area contributed by atoms with Crippen molar-refractivity contribution < 1.29 is 0 Å². The molecule has 0 aliphatic rings. The molecule has 0 amide bonds. The van der Waals surface area contributed by atoms with Crippen LogP contribution in [0.1, 0.15) is 0 Å². The van der Waals surface area contributed by atoms with Crippen LogP contribution < -0.4 is 0 Å². The van der Waals surface area contributed by atoms with Crippen LogP contribution in [0.25, 0.3) is 54.9 Å². The molecule has 0 N–H and O–H groups in total. The zero-order chi connectivity index (χ0) is 18.5. The maximum absolute atomic E-state index is 4.82. The molecule has 0 spiro atoms. The van der Waals surface area contributed by atoms with Crippen molar-refractivity contribution in [3.05, 3.63) is 85.3 Å². The van der Waals surface area contributed by atoms with E-state index in [9.17, 15) is 0 Å². The first-order chi connectivity index (χ1) is 13.9. The molecule has 3 heterocycles. The Kier molecular flexibility index (Phi) is 3.14. The monoisotopic (exact) mass is 358 g/mol. The van der Waals surface area contributed by atoms with Gasteiger partial charge in [0.05, 0.1) is 27.6 Å². The van der Waals surface area contributed by atoms with E-state index in [1.54, 1.807) is 0 Å². The van der Waals surface area contributed by atoms with E-state index in [4.69, 9.17) is 9.97 Å². The van der Waals surface area contributed by atoms with Crippen molar-refractivity contribution in [3.8, 4) is 11.1 Å². The van der Waals surface area contributed by atoms with Crippen LogP contribution in [-0.4, -0.2) is 19.9 Å². The summed E-state index contributed by atoms with van der Waals surface area (Å²) in [6.07, 6.45) is 5.59. The lowest BCUT2D eigenvalue weighted by atomic mass is 9.97. The van der Waals surface area contributed by atoms with Gasteiger partial charge in [-0.1, -0.05) is 24.3 Å². The van der Waals surface area contributed by atoms with E-state index in [-0.39, 0.29) is 0 Å². The lowest BCUT2D eigenvalue weighted by Gasteiger charge is -2.10. The third-order valence-corrected chi connectivity index (χ3v) is 5.18. The first-order valence-corrected chi connectivity index (χ1v) is 9.15. The molecule has 0 unspecified atom stereocenters. The molecule has 6 rings (SSSR count). The third kappa shape index (κ3) is 2.25. The van der Waals surface area contributed by atoms with Crippen LogP contribution in [0.2, 0.25) is 0 Å². The van der Waals surface area contributed by atoms with Crippen molar-refractivity contribution in [2.75, 3.05) is 0 Å². The van der Waals surface area contributed by atoms with Crippen LogP contribution in [0.15, 0.2) is 85.3 Å². The van der Waals surface area contributed by atoms with Crippen molar-refractivity contribution in [3.63, 3.8) is 0 Å². The predicted octanol–water partition coefficient (Wildman–Crippen LogP) is 5.55. The van der Waals surface area contributed by atoms with Gasteiger partial charge in [0.25, 0.3) is 0 Å². The number of nitrogens with zero attached hydrogens (tertiary/aromatic N) is 4. The summed E-state index contributed by atoms with van der Waals surface area (Å²) in [5, 5.41) is 3.37. The second-order valence-electron chi connectivity index (χ2n) is 6.83. The molecule has 0 atom stereocenters. The van der Waals surface area contributed by atoms with E-state index in [1.165, 1.54) is 0 Å². The SMILES string of the molecule is c1ccc2nc3cc(-c4ccnc5ccc6ccncc6c45)ccc3nc2c1. The van der Waals surface area contributed by atoms with Crippen molar-refractivity contribution >= 4 is 43.7 Å². The molecular weight excluding hydrogens is 344 g/mol. The summed E-state index contributed by atoms with van der Waals surface area (Å²) >= 11 is 0. The van der Waals surface area contributed by atoms with Gasteiger partial charge in [-0.25, -0.2) is 9.97 Å². The highest BCUT2D eigenvalue weighted by atomic mass is 14.8. The molecule has 3 aromatic carbocycles. The van der Waals surface area contributed by atoms with Crippen molar-refractivity contribution in [1.82, 2.24) is 19.9 Å². The largest absolute Gasteiger partial charge is 0.264 e. The molecule has 6 aromatic rings. The Morgan fingerprint density at radius 3 is 2.29 bits per heavy atom. The fourth-order valence-corrected chi connectivity index (χ4v) is 3.84. The Labute approximate surface area is 160 Å². The number of aromatic nitrogens is 4. The first kappa shape index (κ1) is 15.2. The van der Waals surface area contributed by atoms with Gasteiger partial charge in [0.2, 0.25) is 0 Å². The summed E-state index contributed by atoms with van der Waals surface area (Å²) in [5.41, 5.74) is 6.78. The summed E-state index contributed by atoms with van der Waals surface area (Å²) < 4.78 is 0. The van der Waals surface area contributed by atoms with Crippen LogP contribution in [0.4, 0.5) is 0 Å². The molecule has 130 valence electrons. The van der Waals surface area contributed by atoms with E-state index >= 15 is 0 Å². The lowest BCUT2D eigenvalue weighted by molar-refractivity contribution is 1.36. The van der Waals surface area contributed by atoms with E-state index in [2.05, 4.69) is 40.3 Å². The zero-order valence-corrected chi connectivity index (χ0v) is 14.9. The number of para-hydroxylation sites is 2. The van der Waals surface area contributed by atoms with Crippen LogP contribution in [0.3, 0.4) is 0 Å². The van der Waals surface area contributed by atoms with Gasteiger partial charge < -0.3 is 0 Å². The Morgan fingerprint density at radius 1 is 0.607 bits per heavy atom. The van der Waals surface area contributed by atoms with E-state index in [0.29, 0.717) is 0 Å². The van der Waals surface area contributed by atoms with E-state index in [1.807, 2.05) is 55.0 Å². The average Bonchev–Trinajstić information content (AvgIpc) is 2.76. The molecule has 4 heteroatoms. The summed E-state index contributed by atoms with van der Waals surface area (Å²) in [6, 6.07) is 22.5. The normalized spacial score (nSPS) is 11.6. The molecule has 3 aromatic heterocycles. The molecule has 0 radical (unpaired) electrons. The van der Waals surface area contributed by atoms with Gasteiger partial charge in [-0.3, -0.25) is 9.97 Å². The fraction of sp³-hybridized carbons (Fsp3) is 0. The minimum atomic E-state index is 0.888. The number of benzene rings is 3. The van der Waals surface area contributed by atoms with Gasteiger partial charge in [-0.2, -0.15) is 0 Å². The van der Waals surface area contributed by atoms with Gasteiger partial charge >= 0.3 is 0 Å². The Morgan fingerprint density at radius 2 is 1.39 bits per heavy atom. The van der Waals surface area contributed by atoms with Gasteiger partial charge in [-0.05, 0) is 59.0 Å². The Balaban J connectivity index is 1.67. The second-order valence-corrected chi connectivity index (χ2v) is 6.83. The lowest BCUT2D eigenvalue weighted by Crippen LogP contribution is -1.90. The highest BCUT2D eigenvalue weighted by Crippen LogP contribution is 2.34. The quantitative estimate of drug-likeness (QED) is 0.286. The number of pyridine rings is 2. The summed E-state index contributed by atoms with van der Waals surface area (Å²) in [7, 11) is 0. The number of fused-ring (bicyclic) bond motifs is 5. The standard InChI is InChI=1S/C24H14N4/c1-2-4-20-19(3-1)27-21-7-6-16(13-23(21)28-20)17-10-12-26-22-8-5-15-9-11-25-14-18(15)24(17)22/h1-14H. The van der Waals surface area contributed by atoms with Gasteiger partial charge in [-0.15, -0.1) is 0 Å². The Hall–Kier alpha value is -3.92. The molecule has 28 heavy (non-hydrogen) atoms. The van der Waals surface area contributed by atoms with Crippen LogP contribution >= 0.6 is 0 Å². The van der Waals surface area contributed by atoms with Crippen molar-refractivity contribution in [1.29, 1.82) is 0 Å². The first-order valence-electron chi connectivity index (χ1n) is 9.15. The minimum absolute atomic E-state index is 0.888. The number of hydrogen-bond donors (Lipinski definition) is 0. The summed E-state index contributed by atoms with van der Waals surface area (Å²) in [4.78, 5) is 18.5. The summed E-state index contributed by atoms with van der Waals surface area (Å²) in [6.45, 7) is 0. The zero-order valence-electron chi connectivity index (χ0n) is 14.9. The summed E-state index contributed by atoms with van der Waals surface area (Å²) in [5.74, 6) is 0. The van der Waals surface area contributed by atoms with Crippen LogP contribution in [-0.2, 0) is 0 Å². The van der Waals surface area contributed by atoms with Gasteiger partial charge in [0.15, 0.2) is 0 Å². The maximum Gasteiger partial charge on any atom is 0.0900 e. The molecule has 4 nitrogen and oxygen atoms in total. The smallest absolute Gasteiger partial charge is 0.0900 e.